The van der Waals surface area contributed by atoms with E-state index in [1.807, 2.05) is 0 Å². The van der Waals surface area contributed by atoms with Crippen LogP contribution >= 0.6 is 8.38 Å². The first kappa shape index (κ1) is 21.3. The molecule has 26 heavy (non-hydrogen) atoms. The quantitative estimate of drug-likeness (QED) is 0.535. The molecule has 0 heterocycles. The fourth-order valence-corrected chi connectivity index (χ4v) is 5.15. The number of carbonyl (C=O) groups excluding carboxylic acids is 1. The zero-order valence-corrected chi connectivity index (χ0v) is 17.4. The molecule has 146 valence electrons. The van der Waals surface area contributed by atoms with Gasteiger partial charge in [0.25, 0.3) is 0 Å². The highest BCUT2D eigenvalue weighted by Gasteiger charge is 2.44. The largest absolute Gasteiger partial charge is 0.350 e. The summed E-state index contributed by atoms with van der Waals surface area (Å²) < 4.78 is 0. The zero-order valence-electron chi connectivity index (χ0n) is 16.5. The lowest BCUT2D eigenvalue weighted by molar-refractivity contribution is -0.109. The molecule has 1 aromatic rings. The number of amides is 1. The Balaban J connectivity index is 0.000000298. The molecule has 1 amide bonds. The van der Waals surface area contributed by atoms with Gasteiger partial charge in [-0.3, -0.25) is 4.79 Å². The summed E-state index contributed by atoms with van der Waals surface area (Å²) >= 11 is 0. The van der Waals surface area contributed by atoms with Crippen LogP contribution in [0.15, 0.2) is 18.2 Å². The number of carbonyl (C=O) groups is 1. The third kappa shape index (κ3) is 4.85. The van der Waals surface area contributed by atoms with Crippen molar-refractivity contribution in [2.75, 3.05) is 6.29 Å². The van der Waals surface area contributed by atoms with Gasteiger partial charge < -0.3 is 15.1 Å². The first-order chi connectivity index (χ1) is 12.3. The average molecular weight is 379 g/mol. The Bertz CT molecular complexity index is 605. The van der Waals surface area contributed by atoms with E-state index in [2.05, 4.69) is 51.2 Å². The third-order valence-corrected chi connectivity index (χ3v) is 6.78. The molecule has 2 aliphatic rings. The van der Waals surface area contributed by atoms with Gasteiger partial charge in [-0.15, -0.1) is 0 Å². The van der Waals surface area contributed by atoms with Gasteiger partial charge in [0.1, 0.15) is 0 Å². The molecule has 0 aliphatic heterocycles. The summed E-state index contributed by atoms with van der Waals surface area (Å²) in [6, 6.07) is 7.35. The summed E-state index contributed by atoms with van der Waals surface area (Å²) in [7, 11) is -1.95. The summed E-state index contributed by atoms with van der Waals surface area (Å²) in [5, 5.41) is 2.10. The van der Waals surface area contributed by atoms with Gasteiger partial charge in [-0.2, -0.15) is 0 Å². The van der Waals surface area contributed by atoms with E-state index in [-0.39, 0.29) is 6.29 Å². The SMILES string of the molecule is CC(C)c1ccc2c(c1)CCC1C(C)CCCC21C.O=CNCP(O)O. The van der Waals surface area contributed by atoms with E-state index in [0.717, 1.165) is 11.8 Å². The molecule has 0 bridgehead atoms. The normalized spacial score (nSPS) is 27.2. The van der Waals surface area contributed by atoms with Crippen LogP contribution in [0.25, 0.3) is 0 Å². The Kier molecular flexibility index (Phi) is 7.63. The van der Waals surface area contributed by atoms with E-state index < -0.39 is 8.38 Å². The molecule has 3 atom stereocenters. The van der Waals surface area contributed by atoms with Crippen molar-refractivity contribution >= 4 is 14.8 Å². The third-order valence-electron chi connectivity index (χ3n) is 6.31. The van der Waals surface area contributed by atoms with Crippen molar-refractivity contribution in [1.82, 2.24) is 5.32 Å². The molecule has 4 nitrogen and oxygen atoms in total. The van der Waals surface area contributed by atoms with Crippen LogP contribution in [0, 0.1) is 11.8 Å². The van der Waals surface area contributed by atoms with Crippen molar-refractivity contribution in [3.63, 3.8) is 0 Å². The smallest absolute Gasteiger partial charge is 0.207 e. The van der Waals surface area contributed by atoms with Gasteiger partial charge in [0.15, 0.2) is 8.38 Å². The predicted molar refractivity (Wildman–Crippen MR) is 108 cm³/mol. The molecule has 0 aromatic heterocycles. The lowest BCUT2D eigenvalue weighted by Crippen LogP contribution is -2.43. The first-order valence-electron chi connectivity index (χ1n) is 9.75. The van der Waals surface area contributed by atoms with E-state index in [4.69, 9.17) is 9.79 Å². The van der Waals surface area contributed by atoms with Gasteiger partial charge in [0, 0.05) is 0 Å². The van der Waals surface area contributed by atoms with Gasteiger partial charge in [0.05, 0.1) is 6.29 Å². The molecule has 5 heteroatoms. The van der Waals surface area contributed by atoms with Crippen LogP contribution in [0.1, 0.15) is 76.0 Å². The van der Waals surface area contributed by atoms with Crippen molar-refractivity contribution in [3.8, 4) is 0 Å². The maximum absolute atomic E-state index is 9.39. The summed E-state index contributed by atoms with van der Waals surface area (Å²) in [6.45, 7) is 9.63. The van der Waals surface area contributed by atoms with Gasteiger partial charge >= 0.3 is 0 Å². The van der Waals surface area contributed by atoms with Crippen molar-refractivity contribution in [3.05, 3.63) is 34.9 Å². The Morgan fingerprint density at radius 1 is 1.35 bits per heavy atom. The minimum absolute atomic E-state index is 0.0428. The maximum atomic E-state index is 9.39. The van der Waals surface area contributed by atoms with Crippen LogP contribution in [-0.4, -0.2) is 22.5 Å². The zero-order chi connectivity index (χ0) is 19.3. The summed E-state index contributed by atoms with van der Waals surface area (Å²) in [5.74, 6) is 2.48. The van der Waals surface area contributed by atoms with Crippen LogP contribution in [0.5, 0.6) is 0 Å². The number of fused-ring (bicyclic) bond motifs is 3. The lowest BCUT2D eigenvalue weighted by Gasteiger charge is -2.49. The summed E-state index contributed by atoms with van der Waals surface area (Å²) in [6.07, 6.45) is 7.35. The molecule has 0 radical (unpaired) electrons. The lowest BCUT2D eigenvalue weighted by atomic mass is 9.55. The topological polar surface area (TPSA) is 69.6 Å². The Labute approximate surface area is 159 Å². The van der Waals surface area contributed by atoms with Crippen LogP contribution < -0.4 is 5.32 Å². The van der Waals surface area contributed by atoms with Gasteiger partial charge in [-0.1, -0.05) is 58.7 Å². The molecule has 1 fully saturated rings. The average Bonchev–Trinajstić information content (AvgIpc) is 2.60. The number of rotatable bonds is 4. The number of hydrogen-bond donors (Lipinski definition) is 3. The highest BCUT2D eigenvalue weighted by molar-refractivity contribution is 7.45. The fourth-order valence-electron chi connectivity index (χ4n) is 4.91. The molecular weight excluding hydrogens is 345 g/mol. The second-order valence-corrected chi connectivity index (χ2v) is 9.42. The molecule has 3 unspecified atom stereocenters. The van der Waals surface area contributed by atoms with Gasteiger partial charge in [0.2, 0.25) is 6.41 Å². The summed E-state index contributed by atoms with van der Waals surface area (Å²) in [4.78, 5) is 25.6. The molecule has 3 N–H and O–H groups in total. The number of hydrogen-bond acceptors (Lipinski definition) is 3. The van der Waals surface area contributed by atoms with E-state index in [0.29, 0.717) is 17.7 Å². The highest BCUT2D eigenvalue weighted by atomic mass is 31.2. The van der Waals surface area contributed by atoms with Crippen LogP contribution in [0.2, 0.25) is 0 Å². The second-order valence-electron chi connectivity index (χ2n) is 8.36. The van der Waals surface area contributed by atoms with Crippen molar-refractivity contribution < 1.29 is 14.6 Å². The predicted octanol–water partition coefficient (Wildman–Crippen LogP) is 4.44. The number of nitrogens with one attached hydrogen (secondary N) is 1. The molecule has 0 spiro atoms. The first-order valence-corrected chi connectivity index (χ1v) is 11.2. The Hall–Kier alpha value is -0.960. The minimum Gasteiger partial charge on any atom is -0.350 e. The fraction of sp³-hybridized carbons (Fsp3) is 0.667. The van der Waals surface area contributed by atoms with Crippen LogP contribution in [-0.2, 0) is 16.6 Å². The molecular formula is C21H34NO3P. The van der Waals surface area contributed by atoms with Crippen molar-refractivity contribution in [1.29, 1.82) is 0 Å². The Morgan fingerprint density at radius 2 is 2.08 bits per heavy atom. The monoisotopic (exact) mass is 379 g/mol. The second kappa shape index (κ2) is 9.30. The number of aryl methyl sites for hydroxylation is 1. The molecule has 2 aliphatic carbocycles. The minimum atomic E-state index is -1.95. The van der Waals surface area contributed by atoms with E-state index in [1.165, 1.54) is 37.7 Å². The van der Waals surface area contributed by atoms with E-state index in [1.54, 1.807) is 11.1 Å². The molecule has 3 rings (SSSR count). The van der Waals surface area contributed by atoms with Crippen molar-refractivity contribution in [2.24, 2.45) is 11.8 Å². The number of benzene rings is 1. The van der Waals surface area contributed by atoms with E-state index >= 15 is 0 Å². The molecule has 1 saturated carbocycles. The Morgan fingerprint density at radius 3 is 2.65 bits per heavy atom. The van der Waals surface area contributed by atoms with Crippen molar-refractivity contribution in [2.45, 2.75) is 71.1 Å². The van der Waals surface area contributed by atoms with Gasteiger partial charge in [-0.05, 0) is 59.1 Å². The van der Waals surface area contributed by atoms with Gasteiger partial charge in [-0.25, -0.2) is 0 Å². The highest BCUT2D eigenvalue weighted by Crippen LogP contribution is 2.52. The van der Waals surface area contributed by atoms with E-state index in [9.17, 15) is 4.79 Å². The standard InChI is InChI=1S/C19H28.C2H6NO3P/c1-13(2)15-7-10-18-16(12-15)8-9-17-14(3)6-5-11-19(17,18)4;4-1-3-2-7(5)6/h7,10,12-14,17H,5-6,8-9,11H2,1-4H3;1,5-6H,2H2,(H,3,4). The van der Waals surface area contributed by atoms with Crippen LogP contribution in [0.4, 0.5) is 0 Å². The molecule has 1 aromatic carbocycles. The maximum Gasteiger partial charge on any atom is 0.207 e. The summed E-state index contributed by atoms with van der Waals surface area (Å²) in [5.41, 5.74) is 5.31. The molecule has 0 saturated heterocycles. The van der Waals surface area contributed by atoms with Crippen LogP contribution in [0.3, 0.4) is 0 Å².